The van der Waals surface area contributed by atoms with E-state index in [4.69, 9.17) is 0 Å². The highest BCUT2D eigenvalue weighted by Gasteiger charge is 2.29. The molecule has 0 saturated carbocycles. The average molecular weight is 201 g/mol. The fraction of sp³-hybridized carbons (Fsp3) is 0.909. The van der Waals surface area contributed by atoms with Crippen LogP contribution in [0.2, 0.25) is 0 Å². The number of likely N-dealkylation sites (N-methyl/N-ethyl adjacent to an activating group) is 1. The zero-order valence-corrected chi connectivity index (χ0v) is 10.2. The predicted octanol–water partition coefficient (Wildman–Crippen LogP) is 1.65. The minimum Gasteiger partial charge on any atom is -0.381 e. The summed E-state index contributed by atoms with van der Waals surface area (Å²) in [5.41, 5.74) is -1.26. The van der Waals surface area contributed by atoms with Gasteiger partial charge in [-0.25, -0.2) is 0 Å². The van der Waals surface area contributed by atoms with Gasteiger partial charge in [-0.15, -0.1) is 0 Å². The van der Waals surface area contributed by atoms with Crippen molar-refractivity contribution in [1.29, 1.82) is 0 Å². The molecule has 0 bridgehead atoms. The van der Waals surface area contributed by atoms with Crippen LogP contribution in [0.25, 0.3) is 0 Å². The van der Waals surface area contributed by atoms with E-state index in [-0.39, 0.29) is 11.9 Å². The summed E-state index contributed by atoms with van der Waals surface area (Å²) in [5.74, 6) is 0.340. The van der Waals surface area contributed by atoms with E-state index in [1.165, 1.54) is 13.8 Å². The summed E-state index contributed by atoms with van der Waals surface area (Å²) in [6, 6.07) is 0.175. The number of hydrogen-bond donors (Lipinski definition) is 1. The number of carbonyl (C=O) groups is 1. The van der Waals surface area contributed by atoms with Gasteiger partial charge >= 0.3 is 0 Å². The van der Waals surface area contributed by atoms with E-state index in [0.717, 1.165) is 6.42 Å². The van der Waals surface area contributed by atoms with Crippen molar-refractivity contribution in [3.8, 4) is 0 Å². The molecule has 0 aromatic carbocycles. The van der Waals surface area contributed by atoms with Gasteiger partial charge in [-0.2, -0.15) is 0 Å². The second-order valence-electron chi connectivity index (χ2n) is 4.95. The lowest BCUT2D eigenvalue weighted by Gasteiger charge is -2.31. The molecule has 0 fully saturated rings. The van der Waals surface area contributed by atoms with Crippen molar-refractivity contribution in [1.82, 2.24) is 4.90 Å². The molecule has 0 aromatic rings. The molecular formula is C11H23NO2. The van der Waals surface area contributed by atoms with Gasteiger partial charge in [0, 0.05) is 13.1 Å². The Morgan fingerprint density at radius 2 is 1.79 bits per heavy atom. The first-order valence-electron chi connectivity index (χ1n) is 5.16. The Morgan fingerprint density at radius 3 is 2.07 bits per heavy atom. The Balaban J connectivity index is 4.32. The SMILES string of the molecule is CC(C)CC(C)N(C)C(=O)C(C)(C)O. The van der Waals surface area contributed by atoms with Gasteiger partial charge in [0.15, 0.2) is 0 Å². The summed E-state index contributed by atoms with van der Waals surface area (Å²) in [5, 5.41) is 9.55. The van der Waals surface area contributed by atoms with Crippen molar-refractivity contribution in [3.63, 3.8) is 0 Å². The highest BCUT2D eigenvalue weighted by molar-refractivity contribution is 5.84. The van der Waals surface area contributed by atoms with Crippen LogP contribution in [0.5, 0.6) is 0 Å². The molecule has 0 aliphatic carbocycles. The molecule has 84 valence electrons. The van der Waals surface area contributed by atoms with Gasteiger partial charge in [-0.3, -0.25) is 4.79 Å². The maximum absolute atomic E-state index is 11.7. The molecule has 0 aliphatic rings. The van der Waals surface area contributed by atoms with E-state index >= 15 is 0 Å². The molecule has 14 heavy (non-hydrogen) atoms. The maximum Gasteiger partial charge on any atom is 0.253 e. The number of hydrogen-bond acceptors (Lipinski definition) is 2. The van der Waals surface area contributed by atoms with Crippen molar-refractivity contribution >= 4 is 5.91 Å². The Labute approximate surface area is 87.1 Å². The van der Waals surface area contributed by atoms with E-state index in [9.17, 15) is 9.90 Å². The van der Waals surface area contributed by atoms with E-state index in [0.29, 0.717) is 5.92 Å². The number of carbonyl (C=O) groups excluding carboxylic acids is 1. The van der Waals surface area contributed by atoms with E-state index in [2.05, 4.69) is 13.8 Å². The first-order chi connectivity index (χ1) is 6.16. The molecular weight excluding hydrogens is 178 g/mol. The summed E-state index contributed by atoms with van der Waals surface area (Å²) >= 11 is 0. The minimum absolute atomic E-state index is 0.175. The normalized spacial score (nSPS) is 14.3. The quantitative estimate of drug-likeness (QED) is 0.751. The van der Waals surface area contributed by atoms with E-state index in [1.807, 2.05) is 6.92 Å². The van der Waals surface area contributed by atoms with Gasteiger partial charge in [0.1, 0.15) is 5.60 Å². The Morgan fingerprint density at radius 1 is 1.36 bits per heavy atom. The monoisotopic (exact) mass is 201 g/mol. The second kappa shape index (κ2) is 4.78. The predicted molar refractivity (Wildman–Crippen MR) is 58.0 cm³/mol. The zero-order chi connectivity index (χ0) is 11.5. The van der Waals surface area contributed by atoms with Crippen LogP contribution in [0.3, 0.4) is 0 Å². The third-order valence-electron chi connectivity index (χ3n) is 2.32. The molecule has 0 rings (SSSR count). The van der Waals surface area contributed by atoms with E-state index < -0.39 is 5.60 Å². The lowest BCUT2D eigenvalue weighted by Crippen LogP contribution is -2.47. The van der Waals surface area contributed by atoms with Crippen molar-refractivity contribution in [2.45, 2.75) is 52.7 Å². The Hall–Kier alpha value is -0.570. The molecule has 1 N–H and O–H groups in total. The molecule has 0 spiro atoms. The first-order valence-corrected chi connectivity index (χ1v) is 5.16. The van der Waals surface area contributed by atoms with Crippen LogP contribution in [-0.4, -0.2) is 34.6 Å². The molecule has 0 aliphatic heterocycles. The van der Waals surface area contributed by atoms with Crippen LogP contribution < -0.4 is 0 Å². The Bertz CT molecular complexity index is 194. The fourth-order valence-corrected chi connectivity index (χ4v) is 1.47. The Kier molecular flexibility index (Phi) is 4.59. The van der Waals surface area contributed by atoms with Crippen molar-refractivity contribution in [2.75, 3.05) is 7.05 Å². The number of rotatable bonds is 4. The summed E-state index contributed by atoms with van der Waals surface area (Å²) in [6.45, 7) is 9.29. The van der Waals surface area contributed by atoms with Gasteiger partial charge in [-0.05, 0) is 33.1 Å². The van der Waals surface area contributed by atoms with Crippen molar-refractivity contribution < 1.29 is 9.90 Å². The van der Waals surface area contributed by atoms with Crippen LogP contribution in [0.15, 0.2) is 0 Å². The minimum atomic E-state index is -1.26. The summed E-state index contributed by atoms with van der Waals surface area (Å²) in [7, 11) is 1.74. The van der Waals surface area contributed by atoms with Gasteiger partial charge in [0.05, 0.1) is 0 Å². The van der Waals surface area contributed by atoms with E-state index in [1.54, 1.807) is 11.9 Å². The molecule has 0 heterocycles. The molecule has 1 unspecified atom stereocenters. The van der Waals surface area contributed by atoms with Gasteiger partial charge in [-0.1, -0.05) is 13.8 Å². The third kappa shape index (κ3) is 4.09. The molecule has 0 aromatic heterocycles. The second-order valence-corrected chi connectivity index (χ2v) is 4.95. The lowest BCUT2D eigenvalue weighted by atomic mass is 10.0. The summed E-state index contributed by atoms with van der Waals surface area (Å²) < 4.78 is 0. The topological polar surface area (TPSA) is 40.5 Å². The highest BCUT2D eigenvalue weighted by Crippen LogP contribution is 2.14. The van der Waals surface area contributed by atoms with Gasteiger partial charge in [0.2, 0.25) is 0 Å². The third-order valence-corrected chi connectivity index (χ3v) is 2.32. The molecule has 1 atom stereocenters. The highest BCUT2D eigenvalue weighted by atomic mass is 16.3. The van der Waals surface area contributed by atoms with Crippen LogP contribution >= 0.6 is 0 Å². The summed E-state index contributed by atoms with van der Waals surface area (Å²) in [6.07, 6.45) is 0.957. The maximum atomic E-state index is 11.7. The van der Waals surface area contributed by atoms with Crippen LogP contribution in [-0.2, 0) is 4.79 Å². The summed E-state index contributed by atoms with van der Waals surface area (Å²) in [4.78, 5) is 13.3. The molecule has 3 nitrogen and oxygen atoms in total. The lowest BCUT2D eigenvalue weighted by molar-refractivity contribution is -0.148. The molecule has 1 amide bonds. The van der Waals surface area contributed by atoms with Gasteiger partial charge in [0.25, 0.3) is 5.91 Å². The van der Waals surface area contributed by atoms with Crippen LogP contribution in [0.4, 0.5) is 0 Å². The smallest absolute Gasteiger partial charge is 0.253 e. The standard InChI is InChI=1S/C11H23NO2/c1-8(2)7-9(3)12(6)10(13)11(4,5)14/h8-9,14H,7H2,1-6H3. The van der Waals surface area contributed by atoms with Crippen molar-refractivity contribution in [3.05, 3.63) is 0 Å². The largest absolute Gasteiger partial charge is 0.381 e. The van der Waals surface area contributed by atoms with Crippen LogP contribution in [0.1, 0.15) is 41.0 Å². The molecule has 0 radical (unpaired) electrons. The van der Waals surface area contributed by atoms with Crippen molar-refractivity contribution in [2.24, 2.45) is 5.92 Å². The number of amides is 1. The average Bonchev–Trinajstić information content (AvgIpc) is 1.98. The van der Waals surface area contributed by atoms with Gasteiger partial charge < -0.3 is 10.0 Å². The number of aliphatic hydroxyl groups is 1. The first kappa shape index (κ1) is 13.4. The zero-order valence-electron chi connectivity index (χ0n) is 10.2. The number of nitrogens with zero attached hydrogens (tertiary/aromatic N) is 1. The van der Waals surface area contributed by atoms with Crippen LogP contribution in [0, 0.1) is 5.92 Å². The molecule has 3 heteroatoms. The molecule has 0 saturated heterocycles. The fourth-order valence-electron chi connectivity index (χ4n) is 1.47.